The van der Waals surface area contributed by atoms with Gasteiger partial charge in [-0.2, -0.15) is 0 Å². The second-order valence-corrected chi connectivity index (χ2v) is 8.63. The Morgan fingerprint density at radius 3 is 2.26 bits per heavy atom. The van der Waals surface area contributed by atoms with Gasteiger partial charge in [-0.3, -0.25) is 0 Å². The lowest BCUT2D eigenvalue weighted by Gasteiger charge is -2.27. The van der Waals surface area contributed by atoms with Crippen LogP contribution in [0, 0.1) is 17.8 Å². The van der Waals surface area contributed by atoms with Crippen LogP contribution in [-0.2, 0) is 9.84 Å². The van der Waals surface area contributed by atoms with E-state index in [0.717, 1.165) is 18.9 Å². The van der Waals surface area contributed by atoms with E-state index in [-0.39, 0.29) is 0 Å². The Labute approximate surface area is 119 Å². The lowest BCUT2D eigenvalue weighted by Crippen LogP contribution is -2.34. The molecule has 1 aliphatic rings. The van der Waals surface area contributed by atoms with E-state index in [9.17, 15) is 8.42 Å². The Bertz CT molecular complexity index is 347. The second-order valence-electron chi connectivity index (χ2n) is 6.40. The van der Waals surface area contributed by atoms with Gasteiger partial charge in [-0.1, -0.05) is 40.5 Å². The summed E-state index contributed by atoms with van der Waals surface area (Å²) < 4.78 is 23.4. The maximum absolute atomic E-state index is 11.7. The van der Waals surface area contributed by atoms with Crippen LogP contribution in [0.25, 0.3) is 0 Å². The fourth-order valence-corrected chi connectivity index (χ4v) is 4.99. The highest BCUT2D eigenvalue weighted by molar-refractivity contribution is 7.91. The quantitative estimate of drug-likeness (QED) is 0.747. The van der Waals surface area contributed by atoms with Crippen LogP contribution in [0.3, 0.4) is 0 Å². The van der Waals surface area contributed by atoms with Crippen molar-refractivity contribution in [1.29, 1.82) is 0 Å². The first-order chi connectivity index (χ1) is 8.88. The molecule has 0 amide bonds. The van der Waals surface area contributed by atoms with Crippen LogP contribution >= 0.6 is 0 Å². The molecule has 1 fully saturated rings. The molecule has 19 heavy (non-hydrogen) atoms. The molecule has 0 bridgehead atoms. The molecule has 1 heterocycles. The summed E-state index contributed by atoms with van der Waals surface area (Å²) >= 11 is 0. The fourth-order valence-electron chi connectivity index (χ4n) is 3.08. The molecule has 0 spiro atoms. The molecule has 0 aromatic rings. The first-order valence-corrected chi connectivity index (χ1v) is 9.63. The van der Waals surface area contributed by atoms with Gasteiger partial charge in [0, 0.05) is 6.04 Å². The smallest absolute Gasteiger partial charge is 0.150 e. The third kappa shape index (κ3) is 5.82. The van der Waals surface area contributed by atoms with E-state index in [0.29, 0.717) is 29.4 Å². The summed E-state index contributed by atoms with van der Waals surface area (Å²) in [6, 6.07) is 0.474. The highest BCUT2D eigenvalue weighted by atomic mass is 32.2. The molecule has 1 N–H and O–H groups in total. The van der Waals surface area contributed by atoms with E-state index >= 15 is 0 Å². The van der Waals surface area contributed by atoms with Crippen LogP contribution in [0.15, 0.2) is 0 Å². The fraction of sp³-hybridized carbons (Fsp3) is 1.00. The lowest BCUT2D eigenvalue weighted by atomic mass is 9.82. The van der Waals surface area contributed by atoms with E-state index in [1.807, 2.05) is 0 Å². The number of sulfone groups is 1. The van der Waals surface area contributed by atoms with Crippen molar-refractivity contribution in [2.75, 3.05) is 18.1 Å². The Morgan fingerprint density at radius 1 is 1.21 bits per heavy atom. The minimum atomic E-state index is -2.76. The molecule has 2 atom stereocenters. The standard InChI is InChI=1S/C15H31NO2S/c1-5-13(6-2)9-15(10-16-12(3)4)14-7-8-19(17,18)11-14/h12-16H,5-11H2,1-4H3. The zero-order chi connectivity index (χ0) is 14.5. The van der Waals surface area contributed by atoms with E-state index in [1.54, 1.807) is 0 Å². The first kappa shape index (κ1) is 17.0. The number of hydrogen-bond acceptors (Lipinski definition) is 3. The van der Waals surface area contributed by atoms with Gasteiger partial charge in [0.05, 0.1) is 11.5 Å². The zero-order valence-corrected chi connectivity index (χ0v) is 13.8. The molecule has 1 rings (SSSR count). The summed E-state index contributed by atoms with van der Waals surface area (Å²) in [7, 11) is -2.76. The van der Waals surface area contributed by atoms with Crippen molar-refractivity contribution < 1.29 is 8.42 Å². The molecule has 1 aliphatic heterocycles. The second kappa shape index (κ2) is 7.63. The summed E-state index contributed by atoms with van der Waals surface area (Å²) in [6.45, 7) is 9.76. The Balaban J connectivity index is 2.63. The predicted molar refractivity (Wildman–Crippen MR) is 82.1 cm³/mol. The largest absolute Gasteiger partial charge is 0.314 e. The van der Waals surface area contributed by atoms with Crippen LogP contribution in [0.5, 0.6) is 0 Å². The summed E-state index contributed by atoms with van der Waals surface area (Å²) in [4.78, 5) is 0. The van der Waals surface area contributed by atoms with Crippen molar-refractivity contribution >= 4 is 9.84 Å². The average molecular weight is 289 g/mol. The summed E-state index contributed by atoms with van der Waals surface area (Å²) in [6.07, 6.45) is 4.45. The van der Waals surface area contributed by atoms with Gasteiger partial charge in [0.15, 0.2) is 9.84 Å². The SMILES string of the molecule is CCC(CC)CC(CNC(C)C)C1CCS(=O)(=O)C1. The normalized spacial score (nSPS) is 24.2. The highest BCUT2D eigenvalue weighted by Crippen LogP contribution is 2.31. The molecule has 2 unspecified atom stereocenters. The van der Waals surface area contributed by atoms with Gasteiger partial charge in [-0.15, -0.1) is 0 Å². The molecule has 114 valence electrons. The van der Waals surface area contributed by atoms with Crippen LogP contribution < -0.4 is 5.32 Å². The van der Waals surface area contributed by atoms with Crippen LogP contribution in [-0.4, -0.2) is 32.5 Å². The van der Waals surface area contributed by atoms with E-state index < -0.39 is 9.84 Å². The third-order valence-corrected chi connectivity index (χ3v) is 6.31. The number of hydrogen-bond donors (Lipinski definition) is 1. The molecule has 0 saturated carbocycles. The molecule has 4 heteroatoms. The average Bonchev–Trinajstić information content (AvgIpc) is 2.70. The van der Waals surface area contributed by atoms with Gasteiger partial charge in [-0.25, -0.2) is 8.42 Å². The number of rotatable bonds is 8. The van der Waals surface area contributed by atoms with E-state index in [4.69, 9.17) is 0 Å². The molecule has 0 aliphatic carbocycles. The molecule has 3 nitrogen and oxygen atoms in total. The predicted octanol–water partition coefficient (Wildman–Crippen LogP) is 2.86. The molecular weight excluding hydrogens is 258 g/mol. The van der Waals surface area contributed by atoms with Crippen molar-refractivity contribution in [3.63, 3.8) is 0 Å². The first-order valence-electron chi connectivity index (χ1n) is 7.81. The van der Waals surface area contributed by atoms with Crippen LogP contribution in [0.1, 0.15) is 53.4 Å². The molecule has 0 aromatic heterocycles. The minimum absolute atomic E-state index is 0.372. The molecule has 0 radical (unpaired) electrons. The lowest BCUT2D eigenvalue weighted by molar-refractivity contribution is 0.261. The van der Waals surface area contributed by atoms with Gasteiger partial charge in [0.1, 0.15) is 0 Å². The van der Waals surface area contributed by atoms with Gasteiger partial charge >= 0.3 is 0 Å². The molecular formula is C15H31NO2S. The Kier molecular flexibility index (Phi) is 6.81. The summed E-state index contributed by atoms with van der Waals surface area (Å²) in [5, 5.41) is 3.51. The molecule has 1 saturated heterocycles. The molecule has 0 aromatic carbocycles. The zero-order valence-electron chi connectivity index (χ0n) is 13.0. The van der Waals surface area contributed by atoms with Gasteiger partial charge in [-0.05, 0) is 37.1 Å². The topological polar surface area (TPSA) is 46.2 Å². The van der Waals surface area contributed by atoms with E-state index in [2.05, 4.69) is 33.0 Å². The van der Waals surface area contributed by atoms with Gasteiger partial charge in [0.2, 0.25) is 0 Å². The van der Waals surface area contributed by atoms with Crippen LogP contribution in [0.2, 0.25) is 0 Å². The van der Waals surface area contributed by atoms with Crippen molar-refractivity contribution in [1.82, 2.24) is 5.32 Å². The van der Waals surface area contributed by atoms with Crippen molar-refractivity contribution in [3.05, 3.63) is 0 Å². The van der Waals surface area contributed by atoms with Crippen molar-refractivity contribution in [2.45, 2.75) is 59.4 Å². The van der Waals surface area contributed by atoms with Crippen molar-refractivity contribution in [2.24, 2.45) is 17.8 Å². The summed E-state index contributed by atoms with van der Waals surface area (Å²) in [5.41, 5.74) is 0. The van der Waals surface area contributed by atoms with Crippen molar-refractivity contribution in [3.8, 4) is 0 Å². The number of nitrogens with one attached hydrogen (secondary N) is 1. The highest BCUT2D eigenvalue weighted by Gasteiger charge is 2.34. The van der Waals surface area contributed by atoms with Gasteiger partial charge in [0.25, 0.3) is 0 Å². The third-order valence-electron chi connectivity index (χ3n) is 4.51. The summed E-state index contributed by atoms with van der Waals surface area (Å²) in [5.74, 6) is 2.44. The minimum Gasteiger partial charge on any atom is -0.314 e. The van der Waals surface area contributed by atoms with E-state index in [1.165, 1.54) is 19.3 Å². The van der Waals surface area contributed by atoms with Crippen LogP contribution in [0.4, 0.5) is 0 Å². The maximum atomic E-state index is 11.7. The Morgan fingerprint density at radius 2 is 1.84 bits per heavy atom. The monoisotopic (exact) mass is 289 g/mol. The van der Waals surface area contributed by atoms with Gasteiger partial charge < -0.3 is 5.32 Å². The maximum Gasteiger partial charge on any atom is 0.150 e. The Hall–Kier alpha value is -0.0900.